The number of carbonyl (C=O) groups excluding carboxylic acids is 3. The van der Waals surface area contributed by atoms with Gasteiger partial charge in [-0.15, -0.1) is 0 Å². The number of likely N-dealkylation sites (tertiary alicyclic amines) is 1. The number of hydrogen-bond acceptors (Lipinski definition) is 4. The van der Waals surface area contributed by atoms with Crippen LogP contribution in [0.1, 0.15) is 44.9 Å². The van der Waals surface area contributed by atoms with Gasteiger partial charge >= 0.3 is 6.03 Å². The molecule has 0 aromatic heterocycles. The van der Waals surface area contributed by atoms with Crippen molar-refractivity contribution in [2.24, 2.45) is 5.92 Å². The third-order valence-electron chi connectivity index (χ3n) is 6.04. The van der Waals surface area contributed by atoms with E-state index in [9.17, 15) is 14.4 Å². The fraction of sp³-hybridized carbons (Fsp3) is 0.824. The lowest BCUT2D eigenvalue weighted by atomic mass is 9.92. The molecule has 3 saturated heterocycles. The molecule has 7 heteroatoms. The highest BCUT2D eigenvalue weighted by Gasteiger charge is 2.52. The van der Waals surface area contributed by atoms with Crippen molar-refractivity contribution >= 4 is 29.6 Å². The van der Waals surface area contributed by atoms with Crippen LogP contribution in [0.25, 0.3) is 0 Å². The summed E-state index contributed by atoms with van der Waals surface area (Å²) in [5.74, 6) is 2.04. The zero-order valence-electron chi connectivity index (χ0n) is 14.0. The van der Waals surface area contributed by atoms with E-state index in [0.29, 0.717) is 25.6 Å². The van der Waals surface area contributed by atoms with Gasteiger partial charge in [0.15, 0.2) is 0 Å². The van der Waals surface area contributed by atoms with Crippen molar-refractivity contribution < 1.29 is 14.4 Å². The Morgan fingerprint density at radius 2 is 1.83 bits per heavy atom. The van der Waals surface area contributed by atoms with Gasteiger partial charge < -0.3 is 10.2 Å². The molecular formula is C17H25N3O3S. The highest BCUT2D eigenvalue weighted by atomic mass is 32.2. The summed E-state index contributed by atoms with van der Waals surface area (Å²) in [5.41, 5.74) is -0.671. The number of amides is 4. The van der Waals surface area contributed by atoms with Gasteiger partial charge in [0.05, 0.1) is 0 Å². The topological polar surface area (TPSA) is 69.7 Å². The third-order valence-corrected chi connectivity index (χ3v) is 7.02. The van der Waals surface area contributed by atoms with Crippen molar-refractivity contribution in [3.05, 3.63) is 0 Å². The van der Waals surface area contributed by atoms with E-state index >= 15 is 0 Å². The molecular weight excluding hydrogens is 326 g/mol. The van der Waals surface area contributed by atoms with Crippen LogP contribution in [-0.4, -0.2) is 63.8 Å². The minimum absolute atomic E-state index is 0.0698. The standard InChI is InChI=1S/C17H25N3O3S/c21-14-9-12(10-19(14)13-3-1-2-4-13)11-20-15(22)17(18-16(20)23)5-7-24-8-6-17/h12-13H,1-11H2,(H,18,23). The number of imide groups is 1. The second kappa shape index (κ2) is 6.24. The highest BCUT2D eigenvalue weighted by Crippen LogP contribution is 2.34. The number of urea groups is 1. The average Bonchev–Trinajstić information content (AvgIpc) is 3.26. The summed E-state index contributed by atoms with van der Waals surface area (Å²) in [4.78, 5) is 40.9. The van der Waals surface area contributed by atoms with E-state index in [1.54, 1.807) is 0 Å². The maximum absolute atomic E-state index is 12.8. The molecule has 1 atom stereocenters. The molecule has 3 heterocycles. The second-order valence-electron chi connectivity index (χ2n) is 7.59. The van der Waals surface area contributed by atoms with E-state index < -0.39 is 5.54 Å². The molecule has 1 spiro atoms. The van der Waals surface area contributed by atoms with Gasteiger partial charge in [-0.05, 0) is 37.2 Å². The minimum Gasteiger partial charge on any atom is -0.339 e. The van der Waals surface area contributed by atoms with Crippen LogP contribution in [-0.2, 0) is 9.59 Å². The average molecular weight is 351 g/mol. The van der Waals surface area contributed by atoms with Gasteiger partial charge in [-0.3, -0.25) is 14.5 Å². The predicted molar refractivity (Wildman–Crippen MR) is 91.6 cm³/mol. The first-order chi connectivity index (χ1) is 11.6. The molecule has 1 aliphatic carbocycles. The molecule has 24 heavy (non-hydrogen) atoms. The quantitative estimate of drug-likeness (QED) is 0.784. The van der Waals surface area contributed by atoms with Gasteiger partial charge in [-0.1, -0.05) is 12.8 Å². The van der Waals surface area contributed by atoms with Crippen molar-refractivity contribution in [3.63, 3.8) is 0 Å². The summed E-state index contributed by atoms with van der Waals surface area (Å²) < 4.78 is 0. The Hall–Kier alpha value is -1.24. The summed E-state index contributed by atoms with van der Waals surface area (Å²) in [7, 11) is 0. The Morgan fingerprint density at radius 1 is 1.12 bits per heavy atom. The lowest BCUT2D eigenvalue weighted by Crippen LogP contribution is -2.49. The summed E-state index contributed by atoms with van der Waals surface area (Å²) in [6.45, 7) is 1.08. The van der Waals surface area contributed by atoms with E-state index in [1.807, 2.05) is 16.7 Å². The van der Waals surface area contributed by atoms with Crippen LogP contribution in [0.15, 0.2) is 0 Å². The summed E-state index contributed by atoms with van der Waals surface area (Å²) in [6, 6.07) is 0.117. The highest BCUT2D eigenvalue weighted by molar-refractivity contribution is 7.99. The number of carbonyl (C=O) groups is 3. The third kappa shape index (κ3) is 2.70. The Balaban J connectivity index is 1.41. The first-order valence-electron chi connectivity index (χ1n) is 9.10. The van der Waals surface area contributed by atoms with Gasteiger partial charge in [-0.2, -0.15) is 11.8 Å². The van der Waals surface area contributed by atoms with E-state index in [2.05, 4.69) is 5.32 Å². The Bertz CT molecular complexity index is 555. The normalized spacial score (nSPS) is 30.7. The molecule has 3 aliphatic heterocycles. The van der Waals surface area contributed by atoms with Crippen LogP contribution in [0.5, 0.6) is 0 Å². The SMILES string of the molecule is O=C1NC2(CCSCC2)C(=O)N1CC1CC(=O)N(C2CCCC2)C1. The van der Waals surface area contributed by atoms with Crippen molar-refractivity contribution in [3.8, 4) is 0 Å². The zero-order valence-corrected chi connectivity index (χ0v) is 14.8. The van der Waals surface area contributed by atoms with Gasteiger partial charge in [0.2, 0.25) is 5.91 Å². The van der Waals surface area contributed by atoms with Crippen LogP contribution >= 0.6 is 11.8 Å². The van der Waals surface area contributed by atoms with Crippen molar-refractivity contribution in [1.82, 2.24) is 15.1 Å². The first-order valence-corrected chi connectivity index (χ1v) is 10.3. The largest absolute Gasteiger partial charge is 0.339 e. The lowest BCUT2D eigenvalue weighted by molar-refractivity contribution is -0.132. The number of hydrogen-bond donors (Lipinski definition) is 1. The van der Waals surface area contributed by atoms with E-state index in [0.717, 1.165) is 37.2 Å². The molecule has 4 aliphatic rings. The Kier molecular flexibility index (Phi) is 4.22. The molecule has 1 N–H and O–H groups in total. The van der Waals surface area contributed by atoms with Gasteiger partial charge in [0.1, 0.15) is 5.54 Å². The minimum atomic E-state index is -0.671. The molecule has 4 amide bonds. The fourth-order valence-corrected chi connectivity index (χ4v) is 5.85. The van der Waals surface area contributed by atoms with Gasteiger partial charge in [0, 0.05) is 31.5 Å². The number of nitrogens with one attached hydrogen (secondary N) is 1. The summed E-state index contributed by atoms with van der Waals surface area (Å²) in [5, 5.41) is 2.95. The smallest absolute Gasteiger partial charge is 0.325 e. The molecule has 0 aromatic carbocycles. The van der Waals surface area contributed by atoms with Crippen molar-refractivity contribution in [1.29, 1.82) is 0 Å². The van der Waals surface area contributed by atoms with E-state index in [1.165, 1.54) is 17.7 Å². The maximum Gasteiger partial charge on any atom is 0.325 e. The van der Waals surface area contributed by atoms with Gasteiger partial charge in [-0.25, -0.2) is 4.79 Å². The molecule has 6 nitrogen and oxygen atoms in total. The second-order valence-corrected chi connectivity index (χ2v) is 8.82. The number of thioether (sulfide) groups is 1. The molecule has 1 unspecified atom stereocenters. The zero-order chi connectivity index (χ0) is 16.7. The number of nitrogens with zero attached hydrogens (tertiary/aromatic N) is 2. The molecule has 4 fully saturated rings. The van der Waals surface area contributed by atoms with E-state index in [-0.39, 0.29) is 23.8 Å². The summed E-state index contributed by atoms with van der Waals surface area (Å²) in [6.07, 6.45) is 6.51. The molecule has 0 bridgehead atoms. The van der Waals surface area contributed by atoms with Crippen molar-refractivity contribution in [2.75, 3.05) is 24.6 Å². The lowest BCUT2D eigenvalue weighted by Gasteiger charge is -2.30. The fourth-order valence-electron chi connectivity index (χ4n) is 4.66. The molecule has 0 radical (unpaired) electrons. The molecule has 0 aromatic rings. The monoisotopic (exact) mass is 351 g/mol. The van der Waals surface area contributed by atoms with Crippen LogP contribution in [0.4, 0.5) is 4.79 Å². The van der Waals surface area contributed by atoms with Gasteiger partial charge in [0.25, 0.3) is 5.91 Å². The van der Waals surface area contributed by atoms with Crippen LogP contribution in [0.2, 0.25) is 0 Å². The van der Waals surface area contributed by atoms with Crippen LogP contribution < -0.4 is 5.32 Å². The molecule has 1 saturated carbocycles. The Labute approximate surface area is 146 Å². The van der Waals surface area contributed by atoms with Crippen LogP contribution in [0, 0.1) is 5.92 Å². The first kappa shape index (κ1) is 16.2. The van der Waals surface area contributed by atoms with E-state index in [4.69, 9.17) is 0 Å². The predicted octanol–water partition coefficient (Wildman–Crippen LogP) is 1.60. The molecule has 4 rings (SSSR count). The summed E-state index contributed by atoms with van der Waals surface area (Å²) >= 11 is 1.83. The van der Waals surface area contributed by atoms with Crippen molar-refractivity contribution in [2.45, 2.75) is 56.5 Å². The maximum atomic E-state index is 12.8. The Morgan fingerprint density at radius 3 is 2.54 bits per heavy atom. The molecule has 132 valence electrons. The number of rotatable bonds is 3. The van der Waals surface area contributed by atoms with Crippen LogP contribution in [0.3, 0.4) is 0 Å².